The minimum Gasteiger partial charge on any atom is -0.480 e. The third kappa shape index (κ3) is 3.19. The van der Waals surface area contributed by atoms with Gasteiger partial charge in [-0.05, 0) is 35.9 Å². The maximum atomic E-state index is 12.9. The monoisotopic (exact) mass is 325 g/mol. The van der Waals surface area contributed by atoms with Crippen molar-refractivity contribution in [3.05, 3.63) is 70.0 Å². The Morgan fingerprint density at radius 2 is 1.96 bits per heavy atom. The summed E-state index contributed by atoms with van der Waals surface area (Å²) in [7, 11) is 0. The molecule has 0 aliphatic heterocycles. The van der Waals surface area contributed by atoms with E-state index in [0.29, 0.717) is 11.1 Å². The number of hydrogen-bond acceptors (Lipinski definition) is 4. The normalized spacial score (nSPS) is 11.2. The number of benzene rings is 1. The molecular weight excluding hydrogens is 313 g/mol. The molecule has 3 rings (SSSR count). The zero-order chi connectivity index (χ0) is 17.1. The van der Waals surface area contributed by atoms with Gasteiger partial charge in [-0.1, -0.05) is 18.2 Å². The molecule has 24 heavy (non-hydrogen) atoms. The molecular formula is C17H12FN3O3. The van der Waals surface area contributed by atoms with E-state index in [0.717, 1.165) is 4.57 Å². The van der Waals surface area contributed by atoms with Gasteiger partial charge < -0.3 is 5.11 Å². The molecule has 0 amide bonds. The number of pyridine rings is 1. The van der Waals surface area contributed by atoms with Crippen LogP contribution in [0.4, 0.5) is 4.39 Å². The number of fused-ring (bicyclic) bond motifs is 1. The molecule has 120 valence electrons. The number of aromatic nitrogens is 3. The molecule has 0 bridgehead atoms. The highest BCUT2D eigenvalue weighted by atomic mass is 19.1. The molecule has 3 aromatic rings. The zero-order valence-electron chi connectivity index (χ0n) is 12.4. The standard InChI is InChI=1S/C17H12FN3O3/c18-12-6-3-11(4-7-12)5-8-14-17(24)21(10-15(22)23)16-13(20-14)2-1-9-19-16/h1-9H,10H2,(H,22,23)/b8-5+. The summed E-state index contributed by atoms with van der Waals surface area (Å²) in [4.78, 5) is 31.8. The van der Waals surface area contributed by atoms with Crippen molar-refractivity contribution in [2.45, 2.75) is 6.54 Å². The van der Waals surface area contributed by atoms with Crippen molar-refractivity contribution in [1.82, 2.24) is 14.5 Å². The van der Waals surface area contributed by atoms with E-state index in [-0.39, 0.29) is 17.2 Å². The average Bonchev–Trinajstić information content (AvgIpc) is 2.57. The lowest BCUT2D eigenvalue weighted by Crippen LogP contribution is -2.27. The fourth-order valence-corrected chi connectivity index (χ4v) is 2.24. The van der Waals surface area contributed by atoms with Gasteiger partial charge in [-0.2, -0.15) is 0 Å². The van der Waals surface area contributed by atoms with E-state index in [4.69, 9.17) is 5.11 Å². The van der Waals surface area contributed by atoms with Gasteiger partial charge in [0, 0.05) is 6.20 Å². The Bertz CT molecular complexity index is 994. The maximum Gasteiger partial charge on any atom is 0.323 e. The predicted molar refractivity (Wildman–Crippen MR) is 86.8 cm³/mol. The Morgan fingerprint density at radius 1 is 1.21 bits per heavy atom. The number of carboxylic acids is 1. The highest BCUT2D eigenvalue weighted by molar-refractivity contribution is 5.76. The van der Waals surface area contributed by atoms with Gasteiger partial charge in [-0.15, -0.1) is 0 Å². The Balaban J connectivity index is 2.10. The first-order valence-electron chi connectivity index (χ1n) is 7.05. The van der Waals surface area contributed by atoms with E-state index in [1.54, 1.807) is 30.3 Å². The first-order valence-corrected chi connectivity index (χ1v) is 7.05. The van der Waals surface area contributed by atoms with Crippen molar-refractivity contribution < 1.29 is 14.3 Å². The Kier molecular flexibility index (Phi) is 4.15. The molecule has 0 aliphatic carbocycles. The highest BCUT2D eigenvalue weighted by Crippen LogP contribution is 2.10. The van der Waals surface area contributed by atoms with E-state index in [2.05, 4.69) is 9.97 Å². The average molecular weight is 325 g/mol. The van der Waals surface area contributed by atoms with Crippen molar-refractivity contribution in [3.8, 4) is 0 Å². The van der Waals surface area contributed by atoms with E-state index < -0.39 is 18.1 Å². The van der Waals surface area contributed by atoms with Crippen LogP contribution in [0.2, 0.25) is 0 Å². The number of halogens is 1. The molecule has 1 aromatic carbocycles. The summed E-state index contributed by atoms with van der Waals surface area (Å²) in [6, 6.07) is 9.03. The van der Waals surface area contributed by atoms with Gasteiger partial charge in [0.15, 0.2) is 5.65 Å². The van der Waals surface area contributed by atoms with Gasteiger partial charge in [0.2, 0.25) is 0 Å². The highest BCUT2D eigenvalue weighted by Gasteiger charge is 2.12. The summed E-state index contributed by atoms with van der Waals surface area (Å²) >= 11 is 0. The van der Waals surface area contributed by atoms with Gasteiger partial charge in [-0.3, -0.25) is 14.2 Å². The van der Waals surface area contributed by atoms with E-state index in [1.807, 2.05) is 0 Å². The van der Waals surface area contributed by atoms with Crippen LogP contribution in [-0.2, 0) is 11.3 Å². The van der Waals surface area contributed by atoms with E-state index >= 15 is 0 Å². The molecule has 0 aliphatic rings. The van der Waals surface area contributed by atoms with Crippen LogP contribution in [0.3, 0.4) is 0 Å². The lowest BCUT2D eigenvalue weighted by atomic mass is 10.2. The molecule has 1 N–H and O–H groups in total. The van der Waals surface area contributed by atoms with Crippen LogP contribution in [0.15, 0.2) is 47.4 Å². The summed E-state index contributed by atoms with van der Waals surface area (Å²) in [6.07, 6.45) is 4.55. The van der Waals surface area contributed by atoms with Crippen molar-refractivity contribution in [3.63, 3.8) is 0 Å². The lowest BCUT2D eigenvalue weighted by molar-refractivity contribution is -0.137. The zero-order valence-corrected chi connectivity index (χ0v) is 12.4. The van der Waals surface area contributed by atoms with Crippen LogP contribution in [0, 0.1) is 5.82 Å². The number of carboxylic acid groups (broad SMARTS) is 1. The first-order chi connectivity index (χ1) is 11.5. The van der Waals surface area contributed by atoms with Crippen molar-refractivity contribution >= 4 is 29.3 Å². The minimum atomic E-state index is -1.15. The van der Waals surface area contributed by atoms with Crippen LogP contribution in [-0.4, -0.2) is 25.6 Å². The van der Waals surface area contributed by atoms with Crippen LogP contribution in [0.25, 0.3) is 23.3 Å². The summed E-state index contributed by atoms with van der Waals surface area (Å²) in [5.41, 5.74) is 0.845. The summed E-state index contributed by atoms with van der Waals surface area (Å²) in [5, 5.41) is 9.01. The van der Waals surface area contributed by atoms with Crippen LogP contribution >= 0.6 is 0 Å². The maximum absolute atomic E-state index is 12.9. The van der Waals surface area contributed by atoms with Crippen molar-refractivity contribution in [1.29, 1.82) is 0 Å². The predicted octanol–water partition coefficient (Wildman–Crippen LogP) is 2.19. The third-order valence-corrected chi connectivity index (χ3v) is 3.32. The molecule has 0 spiro atoms. The molecule has 0 atom stereocenters. The number of rotatable bonds is 4. The summed E-state index contributed by atoms with van der Waals surface area (Å²) in [5.74, 6) is -1.51. The molecule has 2 heterocycles. The first kappa shape index (κ1) is 15.5. The van der Waals surface area contributed by atoms with Gasteiger partial charge in [0.25, 0.3) is 5.56 Å². The molecule has 2 aromatic heterocycles. The largest absolute Gasteiger partial charge is 0.480 e. The molecule has 6 nitrogen and oxygen atoms in total. The smallest absolute Gasteiger partial charge is 0.323 e. The Labute approximate surface area is 135 Å². The molecule has 0 unspecified atom stereocenters. The quantitative estimate of drug-likeness (QED) is 0.795. The molecule has 0 saturated heterocycles. The number of aliphatic carboxylic acids is 1. The lowest BCUT2D eigenvalue weighted by Gasteiger charge is -2.07. The number of nitrogens with zero attached hydrogens (tertiary/aromatic N) is 3. The van der Waals surface area contributed by atoms with Crippen LogP contribution < -0.4 is 5.56 Å². The van der Waals surface area contributed by atoms with Crippen LogP contribution in [0.5, 0.6) is 0 Å². The van der Waals surface area contributed by atoms with Gasteiger partial charge in [0.1, 0.15) is 23.6 Å². The third-order valence-electron chi connectivity index (χ3n) is 3.32. The summed E-state index contributed by atoms with van der Waals surface area (Å²) in [6.45, 7) is -0.508. The molecule has 0 fully saturated rings. The topological polar surface area (TPSA) is 85.1 Å². The SMILES string of the molecule is O=C(O)Cn1c(=O)c(/C=C/c2ccc(F)cc2)nc2cccnc21. The number of carbonyl (C=O) groups is 1. The van der Waals surface area contributed by atoms with Gasteiger partial charge in [-0.25, -0.2) is 14.4 Å². The minimum absolute atomic E-state index is 0.0843. The van der Waals surface area contributed by atoms with Crippen molar-refractivity contribution in [2.24, 2.45) is 0 Å². The van der Waals surface area contributed by atoms with E-state index in [1.165, 1.54) is 24.4 Å². The molecule has 0 saturated carbocycles. The van der Waals surface area contributed by atoms with Crippen LogP contribution in [0.1, 0.15) is 11.3 Å². The fourth-order valence-electron chi connectivity index (χ4n) is 2.24. The van der Waals surface area contributed by atoms with Crippen molar-refractivity contribution in [2.75, 3.05) is 0 Å². The second-order valence-electron chi connectivity index (χ2n) is 5.01. The molecule has 0 radical (unpaired) electrons. The number of hydrogen-bond donors (Lipinski definition) is 1. The second-order valence-corrected chi connectivity index (χ2v) is 5.01. The summed E-state index contributed by atoms with van der Waals surface area (Å²) < 4.78 is 14.0. The molecule has 7 heteroatoms. The van der Waals surface area contributed by atoms with Gasteiger partial charge in [0.05, 0.1) is 0 Å². The van der Waals surface area contributed by atoms with Gasteiger partial charge >= 0.3 is 5.97 Å². The Hall–Kier alpha value is -3.35. The second kappa shape index (κ2) is 6.41. The Morgan fingerprint density at radius 3 is 2.67 bits per heavy atom. The fraction of sp³-hybridized carbons (Fsp3) is 0.0588. The van der Waals surface area contributed by atoms with E-state index in [9.17, 15) is 14.0 Å².